The van der Waals surface area contributed by atoms with E-state index in [-0.39, 0.29) is 11.3 Å². The van der Waals surface area contributed by atoms with E-state index < -0.39 is 0 Å². The van der Waals surface area contributed by atoms with Gasteiger partial charge in [-0.25, -0.2) is 4.99 Å². The summed E-state index contributed by atoms with van der Waals surface area (Å²) in [4.78, 5) is 19.0. The molecule has 0 bridgehead atoms. The van der Waals surface area contributed by atoms with Gasteiger partial charge in [-0.05, 0) is 60.4 Å². The molecule has 0 aliphatic heterocycles. The first-order valence-electron chi connectivity index (χ1n) is 9.94. The summed E-state index contributed by atoms with van der Waals surface area (Å²) >= 11 is 1.63. The molecule has 0 fully saturated rings. The Kier molecular flexibility index (Phi) is 5.46. The molecule has 0 saturated heterocycles. The lowest BCUT2D eigenvalue weighted by atomic mass is 9.72. The molecule has 4 rings (SSSR count). The van der Waals surface area contributed by atoms with Crippen LogP contribution in [0.4, 0.5) is 5.00 Å². The number of aliphatic imine (C=N–C) groups is 1. The van der Waals surface area contributed by atoms with E-state index in [9.17, 15) is 4.79 Å². The van der Waals surface area contributed by atoms with E-state index in [2.05, 4.69) is 31.1 Å². The minimum Gasteiger partial charge on any atom is -0.467 e. The first-order chi connectivity index (χ1) is 13.9. The van der Waals surface area contributed by atoms with Gasteiger partial charge in [0.15, 0.2) is 0 Å². The summed E-state index contributed by atoms with van der Waals surface area (Å²) in [5.41, 5.74) is 2.10. The monoisotopic (exact) mass is 410 g/mol. The SMILES string of the molecule is CC(C)(C)[C@@H]1CCc2c(sc(N=Cc3ccco3)c2C(=O)NCc2ccco2)C1. The molecule has 0 radical (unpaired) electrons. The van der Waals surface area contributed by atoms with Gasteiger partial charge in [-0.2, -0.15) is 0 Å². The van der Waals surface area contributed by atoms with Gasteiger partial charge in [0.05, 0.1) is 30.8 Å². The van der Waals surface area contributed by atoms with Crippen LogP contribution in [0.15, 0.2) is 50.6 Å². The molecule has 3 aromatic rings. The van der Waals surface area contributed by atoms with E-state index in [4.69, 9.17) is 8.83 Å². The zero-order valence-electron chi connectivity index (χ0n) is 17.0. The summed E-state index contributed by atoms with van der Waals surface area (Å²) in [5, 5.41) is 3.74. The lowest BCUT2D eigenvalue weighted by Gasteiger charge is -2.33. The summed E-state index contributed by atoms with van der Waals surface area (Å²) in [6, 6.07) is 7.35. The molecule has 0 aromatic carbocycles. The Morgan fingerprint density at radius 1 is 1.28 bits per heavy atom. The van der Waals surface area contributed by atoms with E-state index in [0.29, 0.717) is 23.8 Å². The average Bonchev–Trinajstić information content (AvgIpc) is 3.43. The third kappa shape index (κ3) is 4.37. The summed E-state index contributed by atoms with van der Waals surface area (Å²) in [6.07, 6.45) is 7.91. The van der Waals surface area contributed by atoms with E-state index in [1.807, 2.05) is 24.3 Å². The minimum atomic E-state index is -0.0975. The molecule has 152 valence electrons. The van der Waals surface area contributed by atoms with Crippen LogP contribution in [0, 0.1) is 11.3 Å². The van der Waals surface area contributed by atoms with Crippen molar-refractivity contribution in [3.8, 4) is 0 Å². The fourth-order valence-corrected chi connectivity index (χ4v) is 5.06. The van der Waals surface area contributed by atoms with Gasteiger partial charge in [-0.3, -0.25) is 4.79 Å². The van der Waals surface area contributed by atoms with Crippen molar-refractivity contribution in [3.63, 3.8) is 0 Å². The Balaban J connectivity index is 1.64. The van der Waals surface area contributed by atoms with E-state index in [1.165, 1.54) is 4.88 Å². The predicted molar refractivity (Wildman–Crippen MR) is 115 cm³/mol. The van der Waals surface area contributed by atoms with Crippen molar-refractivity contribution in [2.45, 2.75) is 46.6 Å². The van der Waals surface area contributed by atoms with Crippen LogP contribution in [-0.4, -0.2) is 12.1 Å². The molecule has 1 atom stereocenters. The largest absolute Gasteiger partial charge is 0.467 e. The van der Waals surface area contributed by atoms with Crippen molar-refractivity contribution < 1.29 is 13.6 Å². The van der Waals surface area contributed by atoms with E-state index >= 15 is 0 Å². The van der Waals surface area contributed by atoms with Gasteiger partial charge in [-0.15, -0.1) is 11.3 Å². The molecule has 0 spiro atoms. The van der Waals surface area contributed by atoms with Gasteiger partial charge >= 0.3 is 0 Å². The normalized spacial score (nSPS) is 16.9. The molecule has 3 aromatic heterocycles. The number of carbonyl (C=O) groups is 1. The van der Waals surface area contributed by atoms with Crippen LogP contribution >= 0.6 is 11.3 Å². The number of fused-ring (bicyclic) bond motifs is 1. The highest BCUT2D eigenvalue weighted by Crippen LogP contribution is 2.45. The number of thiophene rings is 1. The lowest BCUT2D eigenvalue weighted by molar-refractivity contribution is 0.0947. The van der Waals surface area contributed by atoms with Crippen LogP contribution in [-0.2, 0) is 19.4 Å². The highest BCUT2D eigenvalue weighted by molar-refractivity contribution is 7.16. The zero-order valence-corrected chi connectivity index (χ0v) is 17.8. The Morgan fingerprint density at radius 2 is 2.07 bits per heavy atom. The number of hydrogen-bond donors (Lipinski definition) is 1. The maximum absolute atomic E-state index is 13.1. The molecule has 1 aliphatic rings. The molecular weight excluding hydrogens is 384 g/mol. The Hall–Kier alpha value is -2.60. The molecule has 6 heteroatoms. The van der Waals surface area contributed by atoms with Crippen molar-refractivity contribution in [1.29, 1.82) is 0 Å². The third-order valence-corrected chi connectivity index (χ3v) is 6.72. The zero-order chi connectivity index (χ0) is 20.4. The first-order valence-corrected chi connectivity index (χ1v) is 10.8. The van der Waals surface area contributed by atoms with Crippen LogP contribution in [0.5, 0.6) is 0 Å². The van der Waals surface area contributed by atoms with Gasteiger partial charge in [0.2, 0.25) is 0 Å². The predicted octanol–water partition coefficient (Wildman–Crippen LogP) is 5.77. The smallest absolute Gasteiger partial charge is 0.255 e. The topological polar surface area (TPSA) is 67.7 Å². The molecular formula is C23H26N2O3S. The fourth-order valence-electron chi connectivity index (χ4n) is 3.79. The second kappa shape index (κ2) is 8.03. The lowest BCUT2D eigenvalue weighted by Crippen LogP contribution is -2.28. The van der Waals surface area contributed by atoms with Crippen molar-refractivity contribution in [3.05, 3.63) is 64.3 Å². The van der Waals surface area contributed by atoms with Crippen LogP contribution < -0.4 is 5.32 Å². The molecule has 5 nitrogen and oxygen atoms in total. The van der Waals surface area contributed by atoms with Crippen molar-refractivity contribution in [1.82, 2.24) is 5.32 Å². The van der Waals surface area contributed by atoms with Gasteiger partial charge in [-0.1, -0.05) is 20.8 Å². The molecule has 1 N–H and O–H groups in total. The number of amides is 1. The van der Waals surface area contributed by atoms with Crippen LogP contribution in [0.25, 0.3) is 0 Å². The Bertz CT molecular complexity index is 992. The summed E-state index contributed by atoms with van der Waals surface area (Å²) < 4.78 is 10.7. The molecule has 1 aliphatic carbocycles. The molecule has 0 unspecified atom stereocenters. The van der Waals surface area contributed by atoms with Gasteiger partial charge < -0.3 is 14.2 Å². The maximum Gasteiger partial charge on any atom is 0.255 e. The van der Waals surface area contributed by atoms with Crippen LogP contribution in [0.2, 0.25) is 0 Å². The standard InChI is InChI=1S/C23H26N2O3S/c1-23(2,3)15-8-9-18-19(12-15)29-22(25-14-17-7-5-11-28-17)20(18)21(26)24-13-16-6-4-10-27-16/h4-7,10-11,14-15H,8-9,12-13H2,1-3H3,(H,24,26)/t15-/m1/s1. The number of furan rings is 2. The number of hydrogen-bond acceptors (Lipinski definition) is 5. The van der Waals surface area contributed by atoms with Crippen molar-refractivity contribution in [2.75, 3.05) is 0 Å². The second-order valence-electron chi connectivity index (χ2n) is 8.53. The molecule has 0 saturated carbocycles. The van der Waals surface area contributed by atoms with Crippen LogP contribution in [0.3, 0.4) is 0 Å². The maximum atomic E-state index is 13.1. The van der Waals surface area contributed by atoms with Gasteiger partial charge in [0, 0.05) is 4.88 Å². The number of carbonyl (C=O) groups excluding carboxylic acids is 1. The molecule has 1 amide bonds. The molecule has 29 heavy (non-hydrogen) atoms. The number of rotatable bonds is 5. The van der Waals surface area contributed by atoms with E-state index in [0.717, 1.165) is 35.6 Å². The number of nitrogens with zero attached hydrogens (tertiary/aromatic N) is 1. The summed E-state index contributed by atoms with van der Waals surface area (Å²) in [7, 11) is 0. The number of nitrogens with one attached hydrogen (secondary N) is 1. The average molecular weight is 411 g/mol. The Labute approximate surface area is 174 Å². The van der Waals surface area contributed by atoms with Crippen LogP contribution in [0.1, 0.15) is 59.5 Å². The van der Waals surface area contributed by atoms with Gasteiger partial charge in [0.1, 0.15) is 16.5 Å². The summed E-state index contributed by atoms with van der Waals surface area (Å²) in [6.45, 7) is 7.25. The Morgan fingerprint density at radius 3 is 2.76 bits per heavy atom. The first kappa shape index (κ1) is 19.7. The highest BCUT2D eigenvalue weighted by Gasteiger charge is 2.33. The second-order valence-corrected chi connectivity index (χ2v) is 9.61. The van der Waals surface area contributed by atoms with E-state index in [1.54, 1.807) is 30.1 Å². The summed E-state index contributed by atoms with van der Waals surface area (Å²) in [5.74, 6) is 1.91. The quantitative estimate of drug-likeness (QED) is 0.543. The van der Waals surface area contributed by atoms with Gasteiger partial charge in [0.25, 0.3) is 5.91 Å². The van der Waals surface area contributed by atoms with Crippen molar-refractivity contribution in [2.24, 2.45) is 16.3 Å². The minimum absolute atomic E-state index is 0.0975. The van der Waals surface area contributed by atoms with Crippen molar-refractivity contribution >= 4 is 28.5 Å². The fraction of sp³-hybridized carbons (Fsp3) is 0.391. The molecule has 3 heterocycles. The third-order valence-electron chi connectivity index (χ3n) is 5.55. The highest BCUT2D eigenvalue weighted by atomic mass is 32.1.